The van der Waals surface area contributed by atoms with E-state index in [1.54, 1.807) is 5.56 Å². The molecule has 1 aromatic carbocycles. The third-order valence-electron chi connectivity index (χ3n) is 4.63. The van der Waals surface area contributed by atoms with Crippen LogP contribution in [0.2, 0.25) is 0 Å². The van der Waals surface area contributed by atoms with Crippen molar-refractivity contribution < 1.29 is 0 Å². The van der Waals surface area contributed by atoms with Crippen LogP contribution in [0, 0.1) is 0 Å². The quantitative estimate of drug-likeness (QED) is 0.843. The minimum Gasteiger partial charge on any atom is -0.317 e. The van der Waals surface area contributed by atoms with Gasteiger partial charge in [0.15, 0.2) is 0 Å². The van der Waals surface area contributed by atoms with E-state index in [1.807, 2.05) is 0 Å². The van der Waals surface area contributed by atoms with Crippen LogP contribution in [0.1, 0.15) is 61.5 Å². The maximum absolute atomic E-state index is 3.81. The molecule has 3 rings (SSSR count). The van der Waals surface area contributed by atoms with Crippen molar-refractivity contribution in [3.8, 4) is 0 Å². The Kier molecular flexibility index (Phi) is 4.05. The summed E-state index contributed by atoms with van der Waals surface area (Å²) in [7, 11) is 0. The molecule has 0 unspecified atom stereocenters. The topological polar surface area (TPSA) is 12.0 Å². The predicted octanol–water partition coefficient (Wildman–Crippen LogP) is 4.57. The van der Waals surface area contributed by atoms with E-state index in [2.05, 4.69) is 39.4 Å². The van der Waals surface area contributed by atoms with Gasteiger partial charge in [-0.3, -0.25) is 0 Å². The second-order valence-electron chi connectivity index (χ2n) is 5.79. The van der Waals surface area contributed by atoms with Crippen molar-refractivity contribution in [3.63, 3.8) is 0 Å². The molecular formula is C16H22BrN. The lowest BCUT2D eigenvalue weighted by Gasteiger charge is -2.24. The fourth-order valence-electron chi connectivity index (χ4n) is 3.52. The molecule has 0 aromatic heterocycles. The van der Waals surface area contributed by atoms with E-state index in [9.17, 15) is 0 Å². The molecular weight excluding hydrogens is 286 g/mol. The van der Waals surface area contributed by atoms with Crippen LogP contribution in [0.25, 0.3) is 0 Å². The molecule has 2 aliphatic rings. The molecule has 0 bridgehead atoms. The summed E-state index contributed by atoms with van der Waals surface area (Å²) < 4.78 is 1.35. The zero-order valence-corrected chi connectivity index (χ0v) is 12.5. The third-order valence-corrected chi connectivity index (χ3v) is 5.32. The molecule has 1 saturated heterocycles. The van der Waals surface area contributed by atoms with Gasteiger partial charge < -0.3 is 5.32 Å². The van der Waals surface area contributed by atoms with Gasteiger partial charge in [0.2, 0.25) is 0 Å². The molecule has 1 nitrogen and oxygen atoms in total. The number of hydrogen-bond donors (Lipinski definition) is 1. The number of piperidine rings is 1. The van der Waals surface area contributed by atoms with E-state index in [1.165, 1.54) is 61.7 Å². The highest BCUT2D eigenvalue weighted by Crippen LogP contribution is 2.39. The van der Waals surface area contributed by atoms with Gasteiger partial charge in [-0.2, -0.15) is 0 Å². The van der Waals surface area contributed by atoms with Crippen LogP contribution in [0.5, 0.6) is 0 Å². The number of rotatable bonds is 2. The zero-order valence-electron chi connectivity index (χ0n) is 10.9. The zero-order chi connectivity index (χ0) is 12.4. The molecule has 18 heavy (non-hydrogen) atoms. The molecule has 1 aromatic rings. The van der Waals surface area contributed by atoms with Gasteiger partial charge in [-0.1, -0.05) is 40.9 Å². The van der Waals surface area contributed by atoms with Crippen LogP contribution in [0.4, 0.5) is 0 Å². The van der Waals surface area contributed by atoms with Crippen molar-refractivity contribution >= 4 is 15.9 Å². The van der Waals surface area contributed by atoms with E-state index in [-0.39, 0.29) is 0 Å². The normalized spacial score (nSPS) is 22.5. The first kappa shape index (κ1) is 12.7. The summed E-state index contributed by atoms with van der Waals surface area (Å²) in [5.41, 5.74) is 3.08. The van der Waals surface area contributed by atoms with Crippen molar-refractivity contribution in [1.29, 1.82) is 0 Å². The predicted molar refractivity (Wildman–Crippen MR) is 80.2 cm³/mol. The summed E-state index contributed by atoms with van der Waals surface area (Å²) in [6.45, 7) is 2.35. The summed E-state index contributed by atoms with van der Waals surface area (Å²) in [5.74, 6) is 1.57. The van der Waals surface area contributed by atoms with Gasteiger partial charge in [-0.25, -0.2) is 0 Å². The number of halogens is 1. The Morgan fingerprint density at radius 1 is 0.944 bits per heavy atom. The van der Waals surface area contributed by atoms with Crippen LogP contribution in [-0.2, 0) is 0 Å². The van der Waals surface area contributed by atoms with Crippen LogP contribution in [0.15, 0.2) is 22.7 Å². The molecule has 2 heteroatoms. The monoisotopic (exact) mass is 307 g/mol. The molecule has 1 saturated carbocycles. The van der Waals surface area contributed by atoms with Crippen molar-refractivity contribution in [1.82, 2.24) is 5.32 Å². The maximum atomic E-state index is 3.81. The Hall–Kier alpha value is -0.340. The van der Waals surface area contributed by atoms with Gasteiger partial charge in [0, 0.05) is 4.47 Å². The molecule has 1 heterocycles. The van der Waals surface area contributed by atoms with Gasteiger partial charge in [0.1, 0.15) is 0 Å². The number of nitrogens with one attached hydrogen (secondary N) is 1. The van der Waals surface area contributed by atoms with E-state index >= 15 is 0 Å². The Morgan fingerprint density at radius 2 is 1.67 bits per heavy atom. The molecule has 98 valence electrons. The van der Waals surface area contributed by atoms with Gasteiger partial charge in [-0.05, 0) is 67.8 Å². The number of benzene rings is 1. The van der Waals surface area contributed by atoms with Crippen LogP contribution < -0.4 is 5.32 Å². The molecule has 1 aliphatic heterocycles. The van der Waals surface area contributed by atoms with Gasteiger partial charge >= 0.3 is 0 Å². The van der Waals surface area contributed by atoms with Gasteiger partial charge in [0.25, 0.3) is 0 Å². The van der Waals surface area contributed by atoms with Crippen LogP contribution >= 0.6 is 15.9 Å². The summed E-state index contributed by atoms with van der Waals surface area (Å²) in [6, 6.07) is 7.16. The van der Waals surface area contributed by atoms with Crippen molar-refractivity contribution in [2.24, 2.45) is 0 Å². The maximum Gasteiger partial charge on any atom is 0.0212 e. The highest BCUT2D eigenvalue weighted by molar-refractivity contribution is 9.10. The lowest BCUT2D eigenvalue weighted by atomic mass is 9.88. The summed E-state index contributed by atoms with van der Waals surface area (Å²) in [5, 5.41) is 3.44. The van der Waals surface area contributed by atoms with Crippen molar-refractivity contribution in [2.45, 2.75) is 50.4 Å². The molecule has 1 aliphatic carbocycles. The molecule has 0 atom stereocenters. The Morgan fingerprint density at radius 3 is 2.33 bits per heavy atom. The first-order valence-corrected chi connectivity index (χ1v) is 8.14. The average Bonchev–Trinajstić information content (AvgIpc) is 2.93. The third kappa shape index (κ3) is 2.65. The summed E-state index contributed by atoms with van der Waals surface area (Å²) in [6.07, 6.45) is 8.15. The first-order valence-electron chi connectivity index (χ1n) is 7.34. The molecule has 0 radical (unpaired) electrons. The fraction of sp³-hybridized carbons (Fsp3) is 0.625. The minimum absolute atomic E-state index is 0.764. The van der Waals surface area contributed by atoms with Crippen molar-refractivity contribution in [3.05, 3.63) is 33.8 Å². The lowest BCUT2D eigenvalue weighted by molar-refractivity contribution is 0.460. The highest BCUT2D eigenvalue weighted by Gasteiger charge is 2.21. The molecule has 1 N–H and O–H groups in total. The van der Waals surface area contributed by atoms with E-state index < -0.39 is 0 Å². The molecule has 2 fully saturated rings. The van der Waals surface area contributed by atoms with Gasteiger partial charge in [0.05, 0.1) is 0 Å². The largest absolute Gasteiger partial charge is 0.317 e. The lowest BCUT2D eigenvalue weighted by Crippen LogP contribution is -2.26. The molecule has 0 amide bonds. The fourth-order valence-corrected chi connectivity index (χ4v) is 4.24. The second-order valence-corrected chi connectivity index (χ2v) is 6.64. The molecule has 0 spiro atoms. The van der Waals surface area contributed by atoms with Gasteiger partial charge in [-0.15, -0.1) is 0 Å². The Labute approximate surface area is 118 Å². The van der Waals surface area contributed by atoms with E-state index in [0.29, 0.717) is 0 Å². The van der Waals surface area contributed by atoms with Crippen LogP contribution in [-0.4, -0.2) is 13.1 Å². The van der Waals surface area contributed by atoms with E-state index in [0.717, 1.165) is 11.8 Å². The smallest absolute Gasteiger partial charge is 0.0212 e. The Bertz CT molecular complexity index is 404. The van der Waals surface area contributed by atoms with E-state index in [4.69, 9.17) is 0 Å². The summed E-state index contributed by atoms with van der Waals surface area (Å²) >= 11 is 3.81. The number of hydrogen-bond acceptors (Lipinski definition) is 1. The Balaban J connectivity index is 1.79. The van der Waals surface area contributed by atoms with Crippen LogP contribution in [0.3, 0.4) is 0 Å². The standard InChI is InChI=1S/C16H22BrN/c17-16-11-14(12-7-9-18-10-8-12)5-6-15(16)13-3-1-2-4-13/h5-6,11-13,18H,1-4,7-10H2. The van der Waals surface area contributed by atoms with Crippen molar-refractivity contribution in [2.75, 3.05) is 13.1 Å². The SMILES string of the molecule is Brc1cc(C2CCNCC2)ccc1C1CCCC1. The first-order chi connectivity index (χ1) is 8.84. The average molecular weight is 308 g/mol. The highest BCUT2D eigenvalue weighted by atomic mass is 79.9. The second kappa shape index (κ2) is 5.75. The minimum atomic E-state index is 0.764. The summed E-state index contributed by atoms with van der Waals surface area (Å²) in [4.78, 5) is 0.